The standard InChI is InChI=1S/C18H16FN5O3/c1-3-12-14(25)15(26)18(27-12)24-8-22-13-16(20-7-21-17(13)24)23-11-5-4-10(19)6-9(11)2/h1,4-8,12,14-15,18,25-26H,2H3,(H,20,21,23). The van der Waals surface area contributed by atoms with Gasteiger partial charge in [-0.05, 0) is 30.7 Å². The van der Waals surface area contributed by atoms with Gasteiger partial charge in [-0.25, -0.2) is 19.3 Å². The first-order valence-corrected chi connectivity index (χ1v) is 8.18. The Labute approximate surface area is 153 Å². The molecule has 4 atom stereocenters. The number of hydrogen-bond acceptors (Lipinski definition) is 7. The zero-order chi connectivity index (χ0) is 19.1. The Morgan fingerprint density at radius 1 is 1.26 bits per heavy atom. The predicted octanol–water partition coefficient (Wildman–Crippen LogP) is 1.27. The molecule has 138 valence electrons. The largest absolute Gasteiger partial charge is 0.386 e. The summed E-state index contributed by atoms with van der Waals surface area (Å²) in [4.78, 5) is 12.7. The number of terminal acetylenes is 1. The Morgan fingerprint density at radius 2 is 2.07 bits per heavy atom. The molecule has 3 N–H and O–H groups in total. The summed E-state index contributed by atoms with van der Waals surface area (Å²) >= 11 is 0. The molecule has 2 aromatic heterocycles. The molecule has 0 amide bonds. The minimum Gasteiger partial charge on any atom is -0.386 e. The fraction of sp³-hybridized carbons (Fsp3) is 0.278. The van der Waals surface area contributed by atoms with E-state index in [-0.39, 0.29) is 5.82 Å². The summed E-state index contributed by atoms with van der Waals surface area (Å²) in [6, 6.07) is 4.35. The van der Waals surface area contributed by atoms with Crippen LogP contribution in [0.1, 0.15) is 11.8 Å². The Morgan fingerprint density at radius 3 is 2.78 bits per heavy atom. The van der Waals surface area contributed by atoms with E-state index in [1.807, 2.05) is 0 Å². The minimum atomic E-state index is -1.23. The van der Waals surface area contributed by atoms with Crippen molar-refractivity contribution in [2.75, 3.05) is 5.32 Å². The number of nitrogens with one attached hydrogen (secondary N) is 1. The van der Waals surface area contributed by atoms with Crippen molar-refractivity contribution >= 4 is 22.7 Å². The molecule has 0 spiro atoms. The minimum absolute atomic E-state index is 0.329. The lowest BCUT2D eigenvalue weighted by molar-refractivity contribution is -0.0230. The summed E-state index contributed by atoms with van der Waals surface area (Å²) in [6.45, 7) is 1.77. The zero-order valence-electron chi connectivity index (χ0n) is 14.2. The molecule has 1 aliphatic heterocycles. The molecule has 0 bridgehead atoms. The number of aliphatic hydroxyl groups is 2. The number of ether oxygens (including phenoxy) is 1. The van der Waals surface area contributed by atoms with Gasteiger partial charge in [0, 0.05) is 5.69 Å². The van der Waals surface area contributed by atoms with Gasteiger partial charge in [-0.1, -0.05) is 5.92 Å². The second-order valence-corrected chi connectivity index (χ2v) is 6.23. The van der Waals surface area contributed by atoms with Gasteiger partial charge in [0.1, 0.15) is 30.5 Å². The first-order valence-electron chi connectivity index (χ1n) is 8.18. The van der Waals surface area contributed by atoms with Crippen LogP contribution in [0.15, 0.2) is 30.9 Å². The van der Waals surface area contributed by atoms with Crippen LogP contribution in [0.3, 0.4) is 0 Å². The number of imidazole rings is 1. The van der Waals surface area contributed by atoms with Crippen LogP contribution < -0.4 is 5.32 Å². The van der Waals surface area contributed by atoms with Gasteiger partial charge in [0.05, 0.1) is 6.33 Å². The Bertz CT molecular complexity index is 1050. The van der Waals surface area contributed by atoms with Crippen LogP contribution in [0.4, 0.5) is 15.9 Å². The van der Waals surface area contributed by atoms with Crippen LogP contribution in [-0.2, 0) is 4.74 Å². The average molecular weight is 369 g/mol. The molecule has 1 saturated heterocycles. The fourth-order valence-corrected chi connectivity index (χ4v) is 3.05. The van der Waals surface area contributed by atoms with Gasteiger partial charge in [0.2, 0.25) is 0 Å². The molecule has 4 unspecified atom stereocenters. The molecule has 4 rings (SSSR count). The van der Waals surface area contributed by atoms with E-state index in [0.717, 1.165) is 0 Å². The molecule has 3 aromatic rings. The molecule has 1 aliphatic rings. The van der Waals surface area contributed by atoms with Crippen LogP contribution in [0, 0.1) is 25.1 Å². The summed E-state index contributed by atoms with van der Waals surface area (Å²) in [7, 11) is 0. The highest BCUT2D eigenvalue weighted by Crippen LogP contribution is 2.32. The van der Waals surface area contributed by atoms with Crippen LogP contribution in [0.2, 0.25) is 0 Å². The SMILES string of the molecule is C#CC1OC(n2cnc3c(Nc4ccc(F)cc4C)ncnc32)C(O)C1O. The maximum atomic E-state index is 13.3. The summed E-state index contributed by atoms with van der Waals surface area (Å²) in [5.74, 6) is 2.38. The van der Waals surface area contributed by atoms with Crippen molar-refractivity contribution in [3.63, 3.8) is 0 Å². The molecular formula is C18H16FN5O3. The summed E-state index contributed by atoms with van der Waals surface area (Å²) in [5.41, 5.74) is 2.19. The topological polar surface area (TPSA) is 105 Å². The molecular weight excluding hydrogens is 353 g/mol. The number of benzene rings is 1. The van der Waals surface area contributed by atoms with Crippen molar-refractivity contribution in [3.8, 4) is 12.3 Å². The molecule has 1 aromatic carbocycles. The van der Waals surface area contributed by atoms with Gasteiger partial charge in [-0.2, -0.15) is 0 Å². The lowest BCUT2D eigenvalue weighted by Gasteiger charge is -2.16. The lowest BCUT2D eigenvalue weighted by Crippen LogP contribution is -2.30. The Kier molecular flexibility index (Phi) is 4.24. The van der Waals surface area contributed by atoms with Gasteiger partial charge < -0.3 is 20.3 Å². The smallest absolute Gasteiger partial charge is 0.167 e. The van der Waals surface area contributed by atoms with Crippen LogP contribution in [0.5, 0.6) is 0 Å². The summed E-state index contributed by atoms with van der Waals surface area (Å²) < 4.78 is 20.3. The van der Waals surface area contributed by atoms with Crippen LogP contribution >= 0.6 is 0 Å². The van der Waals surface area contributed by atoms with E-state index in [9.17, 15) is 14.6 Å². The molecule has 1 fully saturated rings. The highest BCUT2D eigenvalue weighted by atomic mass is 19.1. The third kappa shape index (κ3) is 2.90. The van der Waals surface area contributed by atoms with Crippen molar-refractivity contribution in [1.29, 1.82) is 0 Å². The number of aryl methyl sites for hydroxylation is 1. The number of aromatic nitrogens is 4. The number of nitrogens with zero attached hydrogens (tertiary/aromatic N) is 4. The normalized spacial score (nSPS) is 24.9. The van der Waals surface area contributed by atoms with Gasteiger partial charge in [0.25, 0.3) is 0 Å². The van der Waals surface area contributed by atoms with Gasteiger partial charge >= 0.3 is 0 Å². The van der Waals surface area contributed by atoms with E-state index in [1.165, 1.54) is 29.4 Å². The Hall–Kier alpha value is -3.06. The third-order valence-electron chi connectivity index (χ3n) is 4.48. The van der Waals surface area contributed by atoms with Crippen LogP contribution in [0.25, 0.3) is 11.2 Å². The van der Waals surface area contributed by atoms with Gasteiger partial charge in [0.15, 0.2) is 23.2 Å². The number of rotatable bonds is 3. The number of hydrogen-bond donors (Lipinski definition) is 3. The van der Waals surface area contributed by atoms with Crippen molar-refractivity contribution in [3.05, 3.63) is 42.2 Å². The monoisotopic (exact) mass is 369 g/mol. The second kappa shape index (κ2) is 6.59. The molecule has 0 saturated carbocycles. The fourth-order valence-electron chi connectivity index (χ4n) is 3.05. The van der Waals surface area contributed by atoms with E-state index in [4.69, 9.17) is 11.2 Å². The molecule has 0 aliphatic carbocycles. The van der Waals surface area contributed by atoms with Crippen molar-refractivity contribution in [2.45, 2.75) is 31.5 Å². The lowest BCUT2D eigenvalue weighted by atomic mass is 10.1. The summed E-state index contributed by atoms with van der Waals surface area (Å²) in [6.07, 6.45) is 3.79. The molecule has 0 radical (unpaired) electrons. The number of aliphatic hydroxyl groups excluding tert-OH is 2. The first-order chi connectivity index (χ1) is 13.0. The number of fused-ring (bicyclic) bond motifs is 1. The van der Waals surface area contributed by atoms with Crippen molar-refractivity contribution in [2.24, 2.45) is 0 Å². The zero-order valence-corrected chi connectivity index (χ0v) is 14.2. The van der Waals surface area contributed by atoms with Gasteiger partial charge in [-0.3, -0.25) is 4.57 Å². The molecule has 3 heterocycles. The van der Waals surface area contributed by atoms with Crippen molar-refractivity contribution < 1.29 is 19.3 Å². The van der Waals surface area contributed by atoms with E-state index in [0.29, 0.717) is 28.2 Å². The highest BCUT2D eigenvalue weighted by molar-refractivity contribution is 5.85. The van der Waals surface area contributed by atoms with Crippen LogP contribution in [-0.4, -0.2) is 48.0 Å². The third-order valence-corrected chi connectivity index (χ3v) is 4.48. The predicted molar refractivity (Wildman–Crippen MR) is 94.5 cm³/mol. The highest BCUT2D eigenvalue weighted by Gasteiger charge is 2.43. The quantitative estimate of drug-likeness (QED) is 0.597. The first kappa shape index (κ1) is 17.4. The maximum Gasteiger partial charge on any atom is 0.167 e. The average Bonchev–Trinajstić information content (AvgIpc) is 3.20. The van der Waals surface area contributed by atoms with Gasteiger partial charge in [-0.15, -0.1) is 6.42 Å². The maximum absolute atomic E-state index is 13.3. The molecule has 9 heteroatoms. The molecule has 8 nitrogen and oxygen atoms in total. The van der Waals surface area contributed by atoms with E-state index >= 15 is 0 Å². The Balaban J connectivity index is 1.71. The van der Waals surface area contributed by atoms with Crippen molar-refractivity contribution in [1.82, 2.24) is 19.5 Å². The second-order valence-electron chi connectivity index (χ2n) is 6.23. The van der Waals surface area contributed by atoms with E-state index < -0.39 is 24.5 Å². The van der Waals surface area contributed by atoms with E-state index in [2.05, 4.69) is 26.2 Å². The molecule has 27 heavy (non-hydrogen) atoms. The number of anilines is 2. The summed E-state index contributed by atoms with van der Waals surface area (Å²) in [5, 5.41) is 23.3. The number of halogens is 1. The van der Waals surface area contributed by atoms with E-state index in [1.54, 1.807) is 13.0 Å².